The number of benzene rings is 2. The quantitative estimate of drug-likeness (QED) is 0.644. The zero-order valence-electron chi connectivity index (χ0n) is 14.9. The summed E-state index contributed by atoms with van der Waals surface area (Å²) in [5.74, 6) is 1.80. The Morgan fingerprint density at radius 3 is 2.62 bits per heavy atom. The molecule has 0 bridgehead atoms. The second-order valence-corrected chi connectivity index (χ2v) is 6.15. The molecule has 0 atom stereocenters. The number of aryl methyl sites for hydroxylation is 1. The van der Waals surface area contributed by atoms with Gasteiger partial charge in [-0.05, 0) is 62.0 Å². The first-order chi connectivity index (χ1) is 12.7. The first-order valence-electron chi connectivity index (χ1n) is 8.53. The van der Waals surface area contributed by atoms with Gasteiger partial charge in [0.1, 0.15) is 11.6 Å². The van der Waals surface area contributed by atoms with E-state index in [0.717, 1.165) is 28.5 Å². The van der Waals surface area contributed by atoms with E-state index in [1.165, 1.54) is 0 Å². The predicted octanol–water partition coefficient (Wildman–Crippen LogP) is 4.07. The van der Waals surface area contributed by atoms with Crippen LogP contribution in [0, 0.1) is 6.92 Å². The molecule has 0 radical (unpaired) electrons. The van der Waals surface area contributed by atoms with E-state index in [0.29, 0.717) is 18.3 Å². The molecular formula is C20H22N4OS. The van der Waals surface area contributed by atoms with Gasteiger partial charge >= 0.3 is 0 Å². The van der Waals surface area contributed by atoms with Gasteiger partial charge in [0.05, 0.1) is 12.3 Å². The van der Waals surface area contributed by atoms with Crippen molar-refractivity contribution in [2.45, 2.75) is 20.4 Å². The Labute approximate surface area is 159 Å². The lowest BCUT2D eigenvalue weighted by Crippen LogP contribution is -2.28. The van der Waals surface area contributed by atoms with Crippen LogP contribution in [0.2, 0.25) is 0 Å². The van der Waals surface area contributed by atoms with E-state index in [1.54, 1.807) is 6.20 Å². The Kier molecular flexibility index (Phi) is 5.86. The van der Waals surface area contributed by atoms with Crippen molar-refractivity contribution in [1.82, 2.24) is 14.9 Å². The van der Waals surface area contributed by atoms with Crippen molar-refractivity contribution in [3.8, 4) is 11.4 Å². The van der Waals surface area contributed by atoms with Crippen LogP contribution in [0.4, 0.5) is 5.69 Å². The standard InChI is InChI=1S/C20H22N4OS/c1-3-25-18-10-8-17(9-11-18)23-20(26)22-14-16-6-4-5-7-19(16)24-13-12-21-15(24)2/h4-13H,3,14H2,1-2H3,(H2,22,23,26). The van der Waals surface area contributed by atoms with Crippen LogP contribution in [0.15, 0.2) is 60.9 Å². The molecule has 26 heavy (non-hydrogen) atoms. The van der Waals surface area contributed by atoms with E-state index in [2.05, 4.69) is 32.3 Å². The van der Waals surface area contributed by atoms with Crippen LogP contribution in [0.1, 0.15) is 18.3 Å². The van der Waals surface area contributed by atoms with Crippen LogP contribution in [-0.4, -0.2) is 21.3 Å². The highest BCUT2D eigenvalue weighted by Crippen LogP contribution is 2.17. The lowest BCUT2D eigenvalue weighted by molar-refractivity contribution is 0.340. The number of nitrogens with one attached hydrogen (secondary N) is 2. The van der Waals surface area contributed by atoms with Crippen LogP contribution >= 0.6 is 12.2 Å². The molecule has 1 heterocycles. The molecule has 2 N–H and O–H groups in total. The van der Waals surface area contributed by atoms with E-state index >= 15 is 0 Å². The number of hydrogen-bond donors (Lipinski definition) is 2. The normalized spacial score (nSPS) is 10.4. The summed E-state index contributed by atoms with van der Waals surface area (Å²) >= 11 is 5.42. The van der Waals surface area contributed by atoms with Crippen molar-refractivity contribution in [3.63, 3.8) is 0 Å². The van der Waals surface area contributed by atoms with Crippen LogP contribution < -0.4 is 15.4 Å². The third-order valence-electron chi connectivity index (χ3n) is 3.94. The summed E-state index contributed by atoms with van der Waals surface area (Å²) in [5, 5.41) is 7.03. The fourth-order valence-corrected chi connectivity index (χ4v) is 2.87. The monoisotopic (exact) mass is 366 g/mol. The van der Waals surface area contributed by atoms with Gasteiger partial charge in [0, 0.05) is 24.6 Å². The molecule has 0 aliphatic rings. The largest absolute Gasteiger partial charge is 0.494 e. The minimum absolute atomic E-state index is 0.575. The minimum Gasteiger partial charge on any atom is -0.494 e. The molecule has 0 fully saturated rings. The Morgan fingerprint density at radius 1 is 1.15 bits per heavy atom. The van der Waals surface area contributed by atoms with Gasteiger partial charge in [0.2, 0.25) is 0 Å². The molecule has 0 spiro atoms. The lowest BCUT2D eigenvalue weighted by atomic mass is 10.1. The lowest BCUT2D eigenvalue weighted by Gasteiger charge is -2.15. The van der Waals surface area contributed by atoms with Gasteiger partial charge in [0.15, 0.2) is 5.11 Å². The molecule has 0 unspecified atom stereocenters. The molecule has 3 rings (SSSR count). The molecule has 5 nitrogen and oxygen atoms in total. The molecule has 6 heteroatoms. The van der Waals surface area contributed by atoms with Crippen molar-refractivity contribution in [3.05, 3.63) is 72.3 Å². The number of ether oxygens (including phenoxy) is 1. The molecule has 1 aromatic heterocycles. The molecule has 0 saturated carbocycles. The first kappa shape index (κ1) is 17.9. The third kappa shape index (κ3) is 4.40. The second-order valence-electron chi connectivity index (χ2n) is 5.74. The molecule has 2 aromatic carbocycles. The maximum Gasteiger partial charge on any atom is 0.171 e. The van der Waals surface area contributed by atoms with E-state index in [-0.39, 0.29) is 0 Å². The molecule has 134 valence electrons. The fourth-order valence-electron chi connectivity index (χ4n) is 2.68. The summed E-state index contributed by atoms with van der Waals surface area (Å²) in [5.41, 5.74) is 3.16. The van der Waals surface area contributed by atoms with Gasteiger partial charge in [-0.3, -0.25) is 0 Å². The average Bonchev–Trinajstić information content (AvgIpc) is 3.08. The Bertz CT molecular complexity index is 874. The van der Waals surface area contributed by atoms with Gasteiger partial charge in [-0.25, -0.2) is 4.98 Å². The Morgan fingerprint density at radius 2 is 1.92 bits per heavy atom. The van der Waals surface area contributed by atoms with E-state index in [1.807, 2.05) is 56.4 Å². The van der Waals surface area contributed by atoms with Crippen molar-refractivity contribution in [1.29, 1.82) is 0 Å². The fraction of sp³-hybridized carbons (Fsp3) is 0.200. The van der Waals surface area contributed by atoms with Gasteiger partial charge in [-0.15, -0.1) is 0 Å². The van der Waals surface area contributed by atoms with Crippen molar-refractivity contribution in [2.75, 3.05) is 11.9 Å². The zero-order chi connectivity index (χ0) is 18.4. The van der Waals surface area contributed by atoms with Gasteiger partial charge in [0.25, 0.3) is 0 Å². The summed E-state index contributed by atoms with van der Waals surface area (Å²) in [6, 6.07) is 15.9. The minimum atomic E-state index is 0.575. The topological polar surface area (TPSA) is 51.1 Å². The number of aromatic nitrogens is 2. The summed E-state index contributed by atoms with van der Waals surface area (Å²) < 4.78 is 7.52. The zero-order valence-corrected chi connectivity index (χ0v) is 15.7. The van der Waals surface area contributed by atoms with E-state index in [4.69, 9.17) is 17.0 Å². The second kappa shape index (κ2) is 8.49. The van der Waals surface area contributed by atoms with Crippen LogP contribution in [0.25, 0.3) is 5.69 Å². The number of hydrogen-bond acceptors (Lipinski definition) is 3. The number of nitrogens with zero attached hydrogens (tertiary/aromatic N) is 2. The molecular weight excluding hydrogens is 344 g/mol. The highest BCUT2D eigenvalue weighted by molar-refractivity contribution is 7.80. The summed E-state index contributed by atoms with van der Waals surface area (Å²) in [6.07, 6.45) is 3.77. The first-order valence-corrected chi connectivity index (χ1v) is 8.94. The maximum absolute atomic E-state index is 5.45. The molecule has 0 amide bonds. The molecule has 3 aromatic rings. The molecule has 0 saturated heterocycles. The number of imidazole rings is 1. The maximum atomic E-state index is 5.45. The average molecular weight is 366 g/mol. The third-order valence-corrected chi connectivity index (χ3v) is 4.19. The summed E-state index contributed by atoms with van der Waals surface area (Å²) in [7, 11) is 0. The van der Waals surface area contributed by atoms with E-state index < -0.39 is 0 Å². The highest BCUT2D eigenvalue weighted by Gasteiger charge is 2.07. The van der Waals surface area contributed by atoms with Crippen molar-refractivity contribution in [2.24, 2.45) is 0 Å². The number of thiocarbonyl (C=S) groups is 1. The van der Waals surface area contributed by atoms with Gasteiger partial charge < -0.3 is 19.9 Å². The number of anilines is 1. The van der Waals surface area contributed by atoms with Crippen molar-refractivity contribution < 1.29 is 4.74 Å². The van der Waals surface area contributed by atoms with Gasteiger partial charge in [-0.1, -0.05) is 18.2 Å². The van der Waals surface area contributed by atoms with Gasteiger partial charge in [-0.2, -0.15) is 0 Å². The molecule has 0 aliphatic heterocycles. The van der Waals surface area contributed by atoms with Crippen LogP contribution in [0.5, 0.6) is 5.75 Å². The number of rotatable bonds is 6. The Hall–Kier alpha value is -2.86. The smallest absolute Gasteiger partial charge is 0.171 e. The highest BCUT2D eigenvalue weighted by atomic mass is 32.1. The summed E-state index contributed by atoms with van der Waals surface area (Å²) in [4.78, 5) is 4.30. The number of para-hydroxylation sites is 1. The van der Waals surface area contributed by atoms with Crippen LogP contribution in [0.3, 0.4) is 0 Å². The van der Waals surface area contributed by atoms with E-state index in [9.17, 15) is 0 Å². The Balaban J connectivity index is 1.62. The predicted molar refractivity (Wildman–Crippen MR) is 109 cm³/mol. The van der Waals surface area contributed by atoms with Crippen molar-refractivity contribution >= 4 is 23.0 Å². The summed E-state index contributed by atoms with van der Waals surface area (Å²) in [6.45, 7) is 5.23. The SMILES string of the molecule is CCOc1ccc(NC(=S)NCc2ccccc2-n2ccnc2C)cc1. The molecule has 0 aliphatic carbocycles. The van der Waals surface area contributed by atoms with Crippen LogP contribution in [-0.2, 0) is 6.54 Å².